The molecule has 24 heavy (non-hydrogen) atoms. The molecule has 0 saturated heterocycles. The lowest BCUT2D eigenvalue weighted by molar-refractivity contribution is 0.574. The quantitative estimate of drug-likeness (QED) is 0.610. The van der Waals surface area contributed by atoms with Crippen molar-refractivity contribution in [1.29, 1.82) is 0 Å². The minimum absolute atomic E-state index is 0.452. The highest BCUT2D eigenvalue weighted by Crippen LogP contribution is 2.21. The third-order valence-corrected chi connectivity index (χ3v) is 4.59. The lowest BCUT2D eigenvalue weighted by atomic mass is 10.1. The van der Waals surface area contributed by atoms with E-state index in [0.717, 1.165) is 34.8 Å². The van der Waals surface area contributed by atoms with E-state index in [1.54, 1.807) is 18.7 Å². The molecule has 0 unspecified atom stereocenters. The van der Waals surface area contributed by atoms with Crippen LogP contribution in [-0.4, -0.2) is 15.9 Å². The minimum atomic E-state index is 0.452. The van der Waals surface area contributed by atoms with Crippen molar-refractivity contribution in [2.45, 2.75) is 26.7 Å². The molecule has 0 aromatic carbocycles. The smallest absolute Gasteiger partial charge is 0.211 e. The first kappa shape index (κ1) is 16.4. The molecule has 0 aliphatic carbocycles. The Morgan fingerprint density at radius 1 is 1.29 bits per heavy atom. The van der Waals surface area contributed by atoms with Crippen LogP contribution >= 0.6 is 11.3 Å². The molecule has 0 saturated carbocycles. The third kappa shape index (κ3) is 3.71. The molecule has 0 fully saturated rings. The zero-order chi connectivity index (χ0) is 16.8. The van der Waals surface area contributed by atoms with Gasteiger partial charge >= 0.3 is 0 Å². The van der Waals surface area contributed by atoms with Crippen LogP contribution in [0.1, 0.15) is 26.7 Å². The van der Waals surface area contributed by atoms with Gasteiger partial charge in [0.1, 0.15) is 5.69 Å². The third-order valence-electron chi connectivity index (χ3n) is 3.77. The van der Waals surface area contributed by atoms with Gasteiger partial charge in [0, 0.05) is 17.8 Å². The van der Waals surface area contributed by atoms with Gasteiger partial charge in [0.05, 0.1) is 18.1 Å². The highest BCUT2D eigenvalue weighted by Gasteiger charge is 2.10. The number of hydrogen-bond donors (Lipinski definition) is 0. The first-order chi connectivity index (χ1) is 11.8. The van der Waals surface area contributed by atoms with Crippen molar-refractivity contribution in [3.8, 4) is 11.5 Å². The lowest BCUT2D eigenvalue weighted by Crippen LogP contribution is -2.12. The summed E-state index contributed by atoms with van der Waals surface area (Å²) < 4.78 is 7.38. The second kappa shape index (κ2) is 7.88. The van der Waals surface area contributed by atoms with E-state index in [1.807, 2.05) is 40.5 Å². The predicted molar refractivity (Wildman–Crippen MR) is 97.4 cm³/mol. The molecule has 3 aromatic heterocycles. The average Bonchev–Trinajstić information content (AvgIpc) is 3.27. The van der Waals surface area contributed by atoms with Crippen LogP contribution in [0.15, 0.2) is 62.8 Å². The molecule has 124 valence electrons. The van der Waals surface area contributed by atoms with Gasteiger partial charge in [-0.1, -0.05) is 13.8 Å². The van der Waals surface area contributed by atoms with Crippen LogP contribution in [0.3, 0.4) is 0 Å². The van der Waals surface area contributed by atoms with Gasteiger partial charge in [-0.3, -0.25) is 4.98 Å². The molecule has 0 N–H and O–H groups in total. The molecule has 0 aliphatic rings. The van der Waals surface area contributed by atoms with Gasteiger partial charge in [-0.25, -0.2) is 9.67 Å². The summed E-state index contributed by atoms with van der Waals surface area (Å²) in [5, 5.41) is 6.70. The Kier molecular flexibility index (Phi) is 5.38. The van der Waals surface area contributed by atoms with E-state index in [2.05, 4.69) is 28.9 Å². The molecule has 3 aromatic rings. The second-order valence-corrected chi connectivity index (χ2v) is 6.19. The largest absolute Gasteiger partial charge is 0.463 e. The standard InChI is InChI=1S/C18H20N4OS/c1-3-14(4-2)11-20-22-16(17-8-6-10-23-17)13-24-18(22)21-15-7-5-9-19-12-15/h5-14H,3-4H2,1-2H3. The maximum absolute atomic E-state index is 5.54. The average molecular weight is 340 g/mol. The SMILES string of the molecule is CCC(C=Nn1c(-c2ccco2)csc1=Nc1cccnc1)CC. The van der Waals surface area contributed by atoms with Crippen LogP contribution in [-0.2, 0) is 0 Å². The van der Waals surface area contributed by atoms with E-state index in [4.69, 9.17) is 4.42 Å². The lowest BCUT2D eigenvalue weighted by Gasteiger charge is -2.05. The van der Waals surface area contributed by atoms with Crippen molar-refractivity contribution < 1.29 is 4.42 Å². The Balaban J connectivity index is 2.08. The van der Waals surface area contributed by atoms with Gasteiger partial charge in [0.25, 0.3) is 0 Å². The molecule has 3 heterocycles. The Bertz CT molecular complexity index is 843. The summed E-state index contributed by atoms with van der Waals surface area (Å²) in [6.45, 7) is 4.35. The number of aromatic nitrogens is 2. The van der Waals surface area contributed by atoms with Crippen molar-refractivity contribution in [1.82, 2.24) is 9.66 Å². The first-order valence-corrected chi connectivity index (χ1v) is 8.93. The van der Waals surface area contributed by atoms with Crippen LogP contribution in [0.2, 0.25) is 0 Å². The Labute approximate surface area is 145 Å². The van der Waals surface area contributed by atoms with E-state index in [1.165, 1.54) is 11.3 Å². The Morgan fingerprint density at radius 2 is 2.17 bits per heavy atom. The van der Waals surface area contributed by atoms with E-state index in [-0.39, 0.29) is 0 Å². The molecule has 0 bridgehead atoms. The highest BCUT2D eigenvalue weighted by atomic mass is 32.1. The molecular formula is C18H20N4OS. The van der Waals surface area contributed by atoms with Crippen LogP contribution < -0.4 is 4.80 Å². The van der Waals surface area contributed by atoms with E-state index in [9.17, 15) is 0 Å². The monoisotopic (exact) mass is 340 g/mol. The Morgan fingerprint density at radius 3 is 2.83 bits per heavy atom. The summed E-state index contributed by atoms with van der Waals surface area (Å²) in [5.41, 5.74) is 1.70. The highest BCUT2D eigenvalue weighted by molar-refractivity contribution is 7.07. The minimum Gasteiger partial charge on any atom is -0.463 e. The zero-order valence-corrected chi connectivity index (χ0v) is 14.6. The van der Waals surface area contributed by atoms with Gasteiger partial charge in [-0.15, -0.1) is 11.3 Å². The molecule has 6 heteroatoms. The summed E-state index contributed by atoms with van der Waals surface area (Å²) in [4.78, 5) is 9.57. The van der Waals surface area contributed by atoms with Crippen molar-refractivity contribution in [2.75, 3.05) is 0 Å². The van der Waals surface area contributed by atoms with Crippen LogP contribution in [0, 0.1) is 5.92 Å². The van der Waals surface area contributed by atoms with Gasteiger partial charge in [-0.05, 0) is 43.0 Å². The number of nitrogens with zero attached hydrogens (tertiary/aromatic N) is 4. The Hall–Kier alpha value is -2.47. The molecule has 0 spiro atoms. The number of thiazole rings is 1. The number of hydrogen-bond acceptors (Lipinski definition) is 5. The summed E-state index contributed by atoms with van der Waals surface area (Å²) in [6, 6.07) is 7.60. The van der Waals surface area contributed by atoms with Gasteiger partial charge in [-0.2, -0.15) is 5.10 Å². The maximum Gasteiger partial charge on any atom is 0.211 e. The predicted octanol–water partition coefficient (Wildman–Crippen LogP) is 4.71. The van der Waals surface area contributed by atoms with E-state index < -0.39 is 0 Å². The molecule has 0 amide bonds. The summed E-state index contributed by atoms with van der Waals surface area (Å²) in [7, 11) is 0. The van der Waals surface area contributed by atoms with Gasteiger partial charge in [0.15, 0.2) is 5.76 Å². The fourth-order valence-electron chi connectivity index (χ4n) is 2.27. The molecule has 0 radical (unpaired) electrons. The van der Waals surface area contributed by atoms with Gasteiger partial charge in [0.2, 0.25) is 4.80 Å². The fraction of sp³-hybridized carbons (Fsp3) is 0.278. The molecule has 5 nitrogen and oxygen atoms in total. The topological polar surface area (TPSA) is 55.7 Å². The van der Waals surface area contributed by atoms with Crippen LogP contribution in [0.5, 0.6) is 0 Å². The molecular weight excluding hydrogens is 320 g/mol. The summed E-state index contributed by atoms with van der Waals surface area (Å²) in [5.74, 6) is 1.23. The molecule has 0 aliphatic heterocycles. The first-order valence-electron chi connectivity index (χ1n) is 8.05. The van der Waals surface area contributed by atoms with Crippen LogP contribution in [0.4, 0.5) is 5.69 Å². The number of pyridine rings is 1. The number of furan rings is 1. The van der Waals surface area contributed by atoms with E-state index >= 15 is 0 Å². The normalized spacial score (nSPS) is 12.5. The maximum atomic E-state index is 5.54. The summed E-state index contributed by atoms with van der Waals surface area (Å²) in [6.07, 6.45) is 9.27. The van der Waals surface area contributed by atoms with E-state index in [0.29, 0.717) is 5.92 Å². The summed E-state index contributed by atoms with van der Waals surface area (Å²) >= 11 is 1.53. The molecule has 0 atom stereocenters. The van der Waals surface area contributed by atoms with Crippen molar-refractivity contribution >= 4 is 23.2 Å². The fourth-order valence-corrected chi connectivity index (χ4v) is 3.11. The van der Waals surface area contributed by atoms with Gasteiger partial charge < -0.3 is 4.42 Å². The number of rotatable bonds is 6. The zero-order valence-electron chi connectivity index (χ0n) is 13.8. The van der Waals surface area contributed by atoms with Crippen molar-refractivity contribution in [2.24, 2.45) is 16.0 Å². The van der Waals surface area contributed by atoms with Crippen molar-refractivity contribution in [3.05, 3.63) is 53.1 Å². The van der Waals surface area contributed by atoms with Crippen molar-refractivity contribution in [3.63, 3.8) is 0 Å². The second-order valence-electron chi connectivity index (χ2n) is 5.36. The molecule has 3 rings (SSSR count). The van der Waals surface area contributed by atoms with Crippen LogP contribution in [0.25, 0.3) is 11.5 Å².